The first kappa shape index (κ1) is 17.0. The lowest BCUT2D eigenvalue weighted by atomic mass is 9.91. The molecule has 1 saturated heterocycles. The molecule has 1 aromatic carbocycles. The average molecular weight is 304 g/mol. The Labute approximate surface area is 133 Å². The number of aryl methyl sites for hydroxylation is 1. The molecule has 1 heterocycles. The van der Waals surface area contributed by atoms with Crippen molar-refractivity contribution in [1.29, 1.82) is 0 Å². The van der Waals surface area contributed by atoms with Gasteiger partial charge in [-0.05, 0) is 31.4 Å². The van der Waals surface area contributed by atoms with Crippen LogP contribution in [0.25, 0.3) is 0 Å². The molecule has 2 rings (SSSR count). The Morgan fingerprint density at radius 2 is 2.14 bits per heavy atom. The maximum Gasteiger partial charge on any atom is 0.220 e. The van der Waals surface area contributed by atoms with Gasteiger partial charge in [0.1, 0.15) is 0 Å². The van der Waals surface area contributed by atoms with Crippen molar-refractivity contribution in [2.75, 3.05) is 33.8 Å². The smallest absolute Gasteiger partial charge is 0.220 e. The molecule has 0 aliphatic carbocycles. The highest BCUT2D eigenvalue weighted by Gasteiger charge is 2.30. The van der Waals surface area contributed by atoms with Crippen LogP contribution in [0.15, 0.2) is 30.3 Å². The summed E-state index contributed by atoms with van der Waals surface area (Å²) in [6, 6.07) is 10.6. The van der Waals surface area contributed by atoms with Crippen molar-refractivity contribution in [3.05, 3.63) is 35.9 Å². The molecule has 0 spiro atoms. The highest BCUT2D eigenvalue weighted by atomic mass is 16.5. The van der Waals surface area contributed by atoms with Gasteiger partial charge in [0.25, 0.3) is 0 Å². The molecule has 1 amide bonds. The molecule has 4 nitrogen and oxygen atoms in total. The molecular formula is C18H28N2O2. The SMILES string of the molecule is CNC(=O)C[C@@H]1CN(CCCc2ccccc2)CC[C@H]1OC. The van der Waals surface area contributed by atoms with Gasteiger partial charge in [0.2, 0.25) is 5.91 Å². The first-order valence-electron chi connectivity index (χ1n) is 8.22. The van der Waals surface area contributed by atoms with Gasteiger partial charge < -0.3 is 15.0 Å². The largest absolute Gasteiger partial charge is 0.381 e. The van der Waals surface area contributed by atoms with Crippen LogP contribution in [-0.4, -0.2) is 50.7 Å². The van der Waals surface area contributed by atoms with Crippen molar-refractivity contribution in [2.24, 2.45) is 5.92 Å². The minimum atomic E-state index is 0.109. The lowest BCUT2D eigenvalue weighted by Crippen LogP contribution is -2.45. The second-order valence-corrected chi connectivity index (χ2v) is 6.09. The highest BCUT2D eigenvalue weighted by molar-refractivity contribution is 5.75. The minimum Gasteiger partial charge on any atom is -0.381 e. The molecule has 1 aliphatic rings. The molecule has 0 unspecified atom stereocenters. The highest BCUT2D eigenvalue weighted by Crippen LogP contribution is 2.23. The number of hydrogen-bond donors (Lipinski definition) is 1. The predicted molar refractivity (Wildman–Crippen MR) is 88.8 cm³/mol. The molecule has 2 atom stereocenters. The standard InChI is InChI=1S/C18H28N2O2/c1-19-18(21)13-16-14-20(12-10-17(16)22-2)11-6-9-15-7-4-3-5-8-15/h3-5,7-8,16-17H,6,9-14H2,1-2H3,(H,19,21)/t16-,17-/m1/s1. The normalized spacial score (nSPS) is 22.5. The second kappa shape index (κ2) is 8.91. The van der Waals surface area contributed by atoms with Gasteiger partial charge in [-0.25, -0.2) is 0 Å². The Hall–Kier alpha value is -1.39. The number of rotatable bonds is 7. The van der Waals surface area contributed by atoms with Gasteiger partial charge in [-0.15, -0.1) is 0 Å². The van der Waals surface area contributed by atoms with E-state index >= 15 is 0 Å². The molecule has 0 bridgehead atoms. The van der Waals surface area contributed by atoms with Gasteiger partial charge in [0.05, 0.1) is 6.10 Å². The topological polar surface area (TPSA) is 41.6 Å². The molecule has 4 heteroatoms. The number of piperidine rings is 1. The van der Waals surface area contributed by atoms with Crippen LogP contribution in [0.4, 0.5) is 0 Å². The van der Waals surface area contributed by atoms with E-state index in [4.69, 9.17) is 4.74 Å². The van der Waals surface area contributed by atoms with E-state index in [1.807, 2.05) is 0 Å². The van der Waals surface area contributed by atoms with E-state index in [-0.39, 0.29) is 12.0 Å². The molecule has 1 fully saturated rings. The van der Waals surface area contributed by atoms with Gasteiger partial charge in [0, 0.05) is 39.6 Å². The maximum absolute atomic E-state index is 11.7. The number of benzene rings is 1. The quantitative estimate of drug-likeness (QED) is 0.839. The number of ether oxygens (including phenoxy) is 1. The fraction of sp³-hybridized carbons (Fsp3) is 0.611. The molecule has 22 heavy (non-hydrogen) atoms. The predicted octanol–water partition coefficient (Wildman–Crippen LogP) is 2.09. The Kier molecular flexibility index (Phi) is 6.87. The third kappa shape index (κ3) is 5.11. The van der Waals surface area contributed by atoms with Crippen molar-refractivity contribution in [3.8, 4) is 0 Å². The molecule has 0 radical (unpaired) electrons. The van der Waals surface area contributed by atoms with Crippen molar-refractivity contribution < 1.29 is 9.53 Å². The zero-order chi connectivity index (χ0) is 15.8. The molecule has 0 aromatic heterocycles. The minimum absolute atomic E-state index is 0.109. The zero-order valence-corrected chi connectivity index (χ0v) is 13.8. The average Bonchev–Trinajstić information content (AvgIpc) is 2.56. The Morgan fingerprint density at radius 1 is 1.36 bits per heavy atom. The van der Waals surface area contributed by atoms with Crippen LogP contribution in [0.2, 0.25) is 0 Å². The summed E-state index contributed by atoms with van der Waals surface area (Å²) < 4.78 is 5.56. The number of amides is 1. The summed E-state index contributed by atoms with van der Waals surface area (Å²) in [4.78, 5) is 14.1. The van der Waals surface area contributed by atoms with Crippen LogP contribution in [0.5, 0.6) is 0 Å². The van der Waals surface area contributed by atoms with Crippen LogP contribution >= 0.6 is 0 Å². The Bertz CT molecular complexity index is 450. The monoisotopic (exact) mass is 304 g/mol. The van der Waals surface area contributed by atoms with Crippen LogP contribution in [0.3, 0.4) is 0 Å². The van der Waals surface area contributed by atoms with Gasteiger partial charge in [-0.3, -0.25) is 4.79 Å². The van der Waals surface area contributed by atoms with Crippen LogP contribution in [0.1, 0.15) is 24.8 Å². The molecule has 0 saturated carbocycles. The number of nitrogens with one attached hydrogen (secondary N) is 1. The van der Waals surface area contributed by atoms with Crippen LogP contribution < -0.4 is 5.32 Å². The van der Waals surface area contributed by atoms with Gasteiger partial charge in [0.15, 0.2) is 0 Å². The Morgan fingerprint density at radius 3 is 2.82 bits per heavy atom. The van der Waals surface area contributed by atoms with Crippen LogP contribution in [0, 0.1) is 5.92 Å². The van der Waals surface area contributed by atoms with E-state index in [2.05, 4.69) is 40.5 Å². The lowest BCUT2D eigenvalue weighted by Gasteiger charge is -2.37. The van der Waals surface area contributed by atoms with Crippen molar-refractivity contribution in [3.63, 3.8) is 0 Å². The van der Waals surface area contributed by atoms with E-state index in [1.165, 1.54) is 5.56 Å². The summed E-state index contributed by atoms with van der Waals surface area (Å²) in [6.45, 7) is 3.12. The van der Waals surface area contributed by atoms with E-state index in [0.29, 0.717) is 12.3 Å². The first-order valence-corrected chi connectivity index (χ1v) is 8.22. The third-order valence-corrected chi connectivity index (χ3v) is 4.56. The molecule has 1 aromatic rings. The Balaban J connectivity index is 1.78. The summed E-state index contributed by atoms with van der Waals surface area (Å²) in [5.41, 5.74) is 1.40. The van der Waals surface area contributed by atoms with E-state index in [9.17, 15) is 4.79 Å². The lowest BCUT2D eigenvalue weighted by molar-refractivity contribution is -0.123. The summed E-state index contributed by atoms with van der Waals surface area (Å²) in [5, 5.41) is 2.72. The van der Waals surface area contributed by atoms with E-state index in [0.717, 1.165) is 38.9 Å². The second-order valence-electron chi connectivity index (χ2n) is 6.09. The number of nitrogens with zero attached hydrogens (tertiary/aromatic N) is 1. The van der Waals surface area contributed by atoms with Crippen molar-refractivity contribution in [1.82, 2.24) is 10.2 Å². The van der Waals surface area contributed by atoms with Crippen molar-refractivity contribution >= 4 is 5.91 Å². The fourth-order valence-electron chi connectivity index (χ4n) is 3.29. The number of carbonyl (C=O) groups is 1. The zero-order valence-electron chi connectivity index (χ0n) is 13.8. The number of likely N-dealkylation sites (tertiary alicyclic amines) is 1. The fourth-order valence-corrected chi connectivity index (χ4v) is 3.29. The number of carbonyl (C=O) groups excluding carboxylic acids is 1. The summed E-state index contributed by atoms with van der Waals surface area (Å²) in [7, 11) is 3.46. The molecule has 1 aliphatic heterocycles. The third-order valence-electron chi connectivity index (χ3n) is 4.56. The van der Waals surface area contributed by atoms with Gasteiger partial charge >= 0.3 is 0 Å². The maximum atomic E-state index is 11.7. The summed E-state index contributed by atoms with van der Waals surface area (Å²) in [6.07, 6.45) is 4.07. The molecular weight excluding hydrogens is 276 g/mol. The van der Waals surface area contributed by atoms with Crippen LogP contribution in [-0.2, 0) is 16.0 Å². The first-order chi connectivity index (χ1) is 10.7. The summed E-state index contributed by atoms with van der Waals surface area (Å²) >= 11 is 0. The number of methoxy groups -OCH3 is 1. The van der Waals surface area contributed by atoms with Crippen molar-refractivity contribution in [2.45, 2.75) is 31.8 Å². The van der Waals surface area contributed by atoms with E-state index < -0.39 is 0 Å². The number of hydrogen-bond acceptors (Lipinski definition) is 3. The van der Waals surface area contributed by atoms with Gasteiger partial charge in [-0.1, -0.05) is 30.3 Å². The summed E-state index contributed by atoms with van der Waals surface area (Å²) in [5.74, 6) is 0.411. The van der Waals surface area contributed by atoms with E-state index in [1.54, 1.807) is 14.2 Å². The van der Waals surface area contributed by atoms with Gasteiger partial charge in [-0.2, -0.15) is 0 Å². The molecule has 122 valence electrons. The molecule has 1 N–H and O–H groups in total.